The monoisotopic (exact) mass is 451 g/mol. The van der Waals surface area contributed by atoms with E-state index in [4.69, 9.17) is 11.6 Å². The second-order valence-electron chi connectivity index (χ2n) is 6.87. The number of rotatable bonds is 8. The number of carbonyl (C=O) groups is 1. The quantitative estimate of drug-likeness (QED) is 0.348. The molecule has 4 rings (SSSR count). The Morgan fingerprint density at radius 2 is 1.87 bits per heavy atom. The molecule has 0 aliphatic carbocycles. The molecule has 2 N–H and O–H groups in total. The average Bonchev–Trinajstić information content (AvgIpc) is 3.18. The van der Waals surface area contributed by atoms with E-state index in [9.17, 15) is 4.79 Å². The molecule has 0 aliphatic heterocycles. The third kappa shape index (κ3) is 5.18. The van der Waals surface area contributed by atoms with Crippen molar-refractivity contribution in [2.75, 3.05) is 16.4 Å². The lowest BCUT2D eigenvalue weighted by molar-refractivity contribution is -0.113. The standard InChI is InChI=1S/C23H22ClN5OS/c1-2-29-21(14-25-18-10-6-9-17(24)13-18)27-28-23(29)31-15-22(30)26-20-12-5-8-16-7-3-4-11-19(16)20/h3-13,25H,2,14-15H2,1H3,(H,26,30). The maximum absolute atomic E-state index is 12.6. The number of hydrogen-bond donors (Lipinski definition) is 2. The fourth-order valence-corrected chi connectivity index (χ4v) is 4.32. The van der Waals surface area contributed by atoms with Gasteiger partial charge in [-0.3, -0.25) is 4.79 Å². The van der Waals surface area contributed by atoms with E-state index in [1.54, 1.807) is 0 Å². The molecule has 0 radical (unpaired) electrons. The minimum Gasteiger partial charge on any atom is -0.378 e. The maximum Gasteiger partial charge on any atom is 0.234 e. The van der Waals surface area contributed by atoms with E-state index >= 15 is 0 Å². The Labute approximate surface area is 190 Å². The van der Waals surface area contributed by atoms with Crippen LogP contribution >= 0.6 is 23.4 Å². The van der Waals surface area contributed by atoms with E-state index < -0.39 is 0 Å². The molecule has 0 fully saturated rings. The molecule has 1 aromatic heterocycles. The van der Waals surface area contributed by atoms with Gasteiger partial charge in [0.2, 0.25) is 5.91 Å². The second-order valence-corrected chi connectivity index (χ2v) is 8.25. The van der Waals surface area contributed by atoms with E-state index in [0.717, 1.165) is 33.1 Å². The van der Waals surface area contributed by atoms with Gasteiger partial charge in [-0.1, -0.05) is 65.8 Å². The lowest BCUT2D eigenvalue weighted by Crippen LogP contribution is -2.15. The first-order valence-electron chi connectivity index (χ1n) is 9.96. The van der Waals surface area contributed by atoms with Crippen LogP contribution in [-0.2, 0) is 17.9 Å². The van der Waals surface area contributed by atoms with Crippen molar-refractivity contribution in [1.82, 2.24) is 14.8 Å². The van der Waals surface area contributed by atoms with E-state index in [2.05, 4.69) is 20.8 Å². The molecule has 158 valence electrons. The molecule has 8 heteroatoms. The largest absolute Gasteiger partial charge is 0.378 e. The number of fused-ring (bicyclic) bond motifs is 1. The van der Waals surface area contributed by atoms with Crippen molar-refractivity contribution in [3.63, 3.8) is 0 Å². The summed E-state index contributed by atoms with van der Waals surface area (Å²) in [6, 6.07) is 21.4. The Hall–Kier alpha value is -3.03. The highest BCUT2D eigenvalue weighted by atomic mass is 35.5. The van der Waals surface area contributed by atoms with Gasteiger partial charge in [0.15, 0.2) is 11.0 Å². The Kier molecular flexibility index (Phi) is 6.74. The maximum atomic E-state index is 12.6. The van der Waals surface area contributed by atoms with Gasteiger partial charge in [0.05, 0.1) is 12.3 Å². The predicted molar refractivity (Wildman–Crippen MR) is 128 cm³/mol. The van der Waals surface area contributed by atoms with Gasteiger partial charge in [0, 0.05) is 28.3 Å². The van der Waals surface area contributed by atoms with Crippen molar-refractivity contribution in [2.24, 2.45) is 0 Å². The fraction of sp³-hybridized carbons (Fsp3) is 0.174. The molecule has 31 heavy (non-hydrogen) atoms. The average molecular weight is 452 g/mol. The zero-order chi connectivity index (χ0) is 21.6. The van der Waals surface area contributed by atoms with Gasteiger partial charge in [-0.15, -0.1) is 10.2 Å². The summed E-state index contributed by atoms with van der Waals surface area (Å²) in [7, 11) is 0. The Morgan fingerprint density at radius 3 is 2.71 bits per heavy atom. The normalized spacial score (nSPS) is 10.9. The van der Waals surface area contributed by atoms with Crippen LogP contribution in [0.5, 0.6) is 0 Å². The minimum absolute atomic E-state index is 0.0781. The van der Waals surface area contributed by atoms with Gasteiger partial charge < -0.3 is 15.2 Å². The number of anilines is 2. The predicted octanol–water partition coefficient (Wildman–Crippen LogP) is 5.45. The van der Waals surface area contributed by atoms with E-state index in [-0.39, 0.29) is 11.7 Å². The molecule has 1 heterocycles. The number of nitrogens with zero attached hydrogens (tertiary/aromatic N) is 3. The highest BCUT2D eigenvalue weighted by molar-refractivity contribution is 7.99. The van der Waals surface area contributed by atoms with Crippen molar-refractivity contribution in [3.05, 3.63) is 77.6 Å². The van der Waals surface area contributed by atoms with Crippen molar-refractivity contribution in [1.29, 1.82) is 0 Å². The number of halogens is 1. The fourth-order valence-electron chi connectivity index (χ4n) is 3.30. The zero-order valence-corrected chi connectivity index (χ0v) is 18.6. The van der Waals surface area contributed by atoms with Crippen LogP contribution in [0.25, 0.3) is 10.8 Å². The van der Waals surface area contributed by atoms with Crippen LogP contribution in [0.3, 0.4) is 0 Å². The third-order valence-corrected chi connectivity index (χ3v) is 5.98. The molecule has 0 aliphatic rings. The Bertz CT molecular complexity index is 1200. The number of amides is 1. The summed E-state index contributed by atoms with van der Waals surface area (Å²) in [6.45, 7) is 3.27. The van der Waals surface area contributed by atoms with Crippen LogP contribution in [0.15, 0.2) is 71.9 Å². The molecule has 3 aromatic carbocycles. The third-order valence-electron chi connectivity index (χ3n) is 4.78. The number of carbonyl (C=O) groups excluding carboxylic acids is 1. The van der Waals surface area contributed by atoms with Crippen LogP contribution in [0.2, 0.25) is 5.02 Å². The topological polar surface area (TPSA) is 71.8 Å². The summed E-state index contributed by atoms with van der Waals surface area (Å²) in [5.41, 5.74) is 1.73. The highest BCUT2D eigenvalue weighted by Crippen LogP contribution is 2.24. The minimum atomic E-state index is -0.0781. The molecule has 6 nitrogen and oxygen atoms in total. The zero-order valence-electron chi connectivity index (χ0n) is 17.0. The summed E-state index contributed by atoms with van der Waals surface area (Å²) in [6.07, 6.45) is 0. The van der Waals surface area contributed by atoms with Gasteiger partial charge in [-0.05, 0) is 36.6 Å². The lowest BCUT2D eigenvalue weighted by Gasteiger charge is -2.10. The van der Waals surface area contributed by atoms with Gasteiger partial charge >= 0.3 is 0 Å². The van der Waals surface area contributed by atoms with Crippen LogP contribution in [0.1, 0.15) is 12.7 Å². The first-order valence-corrected chi connectivity index (χ1v) is 11.3. The highest BCUT2D eigenvalue weighted by Gasteiger charge is 2.14. The SMILES string of the molecule is CCn1c(CNc2cccc(Cl)c2)nnc1SCC(=O)Nc1cccc2ccccc12. The van der Waals surface area contributed by atoms with E-state index in [1.807, 2.05) is 78.2 Å². The number of aromatic nitrogens is 3. The molecule has 4 aromatic rings. The van der Waals surface area contributed by atoms with Crippen LogP contribution in [0.4, 0.5) is 11.4 Å². The Morgan fingerprint density at radius 1 is 1.06 bits per heavy atom. The molecular weight excluding hydrogens is 430 g/mol. The van der Waals surface area contributed by atoms with Gasteiger partial charge in [0.25, 0.3) is 0 Å². The van der Waals surface area contributed by atoms with Crippen molar-refractivity contribution >= 4 is 51.4 Å². The number of benzene rings is 3. The first-order chi connectivity index (χ1) is 15.1. The molecule has 0 bridgehead atoms. The van der Waals surface area contributed by atoms with Gasteiger partial charge in [-0.2, -0.15) is 0 Å². The molecule has 0 saturated heterocycles. The van der Waals surface area contributed by atoms with Crippen LogP contribution in [0, 0.1) is 0 Å². The summed E-state index contributed by atoms with van der Waals surface area (Å²) in [4.78, 5) is 12.6. The second kappa shape index (κ2) is 9.85. The van der Waals surface area contributed by atoms with Crippen LogP contribution in [-0.4, -0.2) is 26.4 Å². The van der Waals surface area contributed by atoms with E-state index in [0.29, 0.717) is 18.1 Å². The van der Waals surface area contributed by atoms with Gasteiger partial charge in [0.1, 0.15) is 0 Å². The van der Waals surface area contributed by atoms with Crippen molar-refractivity contribution in [3.8, 4) is 0 Å². The number of thioether (sulfide) groups is 1. The van der Waals surface area contributed by atoms with Gasteiger partial charge in [-0.25, -0.2) is 0 Å². The molecule has 0 saturated carbocycles. The molecule has 1 amide bonds. The summed E-state index contributed by atoms with van der Waals surface area (Å²) in [5, 5.41) is 18.4. The molecular formula is C23H22ClN5OS. The molecule has 0 atom stereocenters. The number of hydrogen-bond acceptors (Lipinski definition) is 5. The summed E-state index contributed by atoms with van der Waals surface area (Å²) >= 11 is 7.41. The molecule has 0 unspecified atom stereocenters. The van der Waals surface area contributed by atoms with Crippen LogP contribution < -0.4 is 10.6 Å². The van der Waals surface area contributed by atoms with E-state index in [1.165, 1.54) is 11.8 Å². The lowest BCUT2D eigenvalue weighted by atomic mass is 10.1. The summed E-state index contributed by atoms with van der Waals surface area (Å²) in [5.74, 6) is 0.980. The number of nitrogens with one attached hydrogen (secondary N) is 2. The molecule has 0 spiro atoms. The first kappa shape index (κ1) is 21.2. The van der Waals surface area contributed by atoms with Crippen molar-refractivity contribution in [2.45, 2.75) is 25.2 Å². The smallest absolute Gasteiger partial charge is 0.234 e. The van der Waals surface area contributed by atoms with Crippen molar-refractivity contribution < 1.29 is 4.79 Å². The summed E-state index contributed by atoms with van der Waals surface area (Å²) < 4.78 is 2.01. The Balaban J connectivity index is 1.38.